The van der Waals surface area contributed by atoms with E-state index in [1.54, 1.807) is 18.2 Å². The fraction of sp³-hybridized carbons (Fsp3) is 0.312. The summed E-state index contributed by atoms with van der Waals surface area (Å²) in [5.74, 6) is -0.494. The Hall–Kier alpha value is -3.03. The number of ether oxygens (including phenoxy) is 2. The molecule has 8 heteroatoms. The lowest BCUT2D eigenvalue weighted by molar-refractivity contribution is -0.146. The number of anilines is 1. The average Bonchev–Trinajstić information content (AvgIpc) is 3.03. The molecule has 1 heterocycles. The van der Waals surface area contributed by atoms with Gasteiger partial charge in [0.15, 0.2) is 5.54 Å². The minimum Gasteiger partial charge on any atom is -0.497 e. The minimum absolute atomic E-state index is 0.323. The molecule has 128 valence electrons. The van der Waals surface area contributed by atoms with Crippen molar-refractivity contribution in [1.29, 1.82) is 0 Å². The van der Waals surface area contributed by atoms with Crippen molar-refractivity contribution in [2.24, 2.45) is 0 Å². The molecule has 0 aliphatic rings. The number of nitrogens with one attached hydrogen (secondary N) is 1. The number of carboxylic acids is 1. The van der Waals surface area contributed by atoms with Crippen LogP contribution in [0.15, 0.2) is 30.6 Å². The first-order valence-corrected chi connectivity index (χ1v) is 7.11. The molecule has 1 aromatic heterocycles. The number of benzene rings is 1. The van der Waals surface area contributed by atoms with Crippen LogP contribution in [-0.4, -0.2) is 41.0 Å². The molecule has 0 radical (unpaired) electrons. The van der Waals surface area contributed by atoms with Crippen LogP contribution < -0.4 is 14.8 Å². The van der Waals surface area contributed by atoms with E-state index in [-0.39, 0.29) is 0 Å². The fourth-order valence-corrected chi connectivity index (χ4v) is 1.98. The quantitative estimate of drug-likeness (QED) is 0.838. The number of carbonyl (C=O) groups excluding carboxylic acids is 1. The van der Waals surface area contributed by atoms with E-state index in [9.17, 15) is 14.7 Å². The highest BCUT2D eigenvalue weighted by Gasteiger charge is 2.30. The third-order valence-corrected chi connectivity index (χ3v) is 3.59. The van der Waals surface area contributed by atoms with Crippen LogP contribution in [0.5, 0.6) is 11.5 Å². The van der Waals surface area contributed by atoms with Gasteiger partial charge in [0.1, 0.15) is 11.5 Å². The fourth-order valence-electron chi connectivity index (χ4n) is 1.98. The Labute approximate surface area is 139 Å². The molecule has 2 rings (SSSR count). The van der Waals surface area contributed by atoms with Gasteiger partial charge in [-0.2, -0.15) is 5.10 Å². The number of aliphatic carboxylic acids is 1. The van der Waals surface area contributed by atoms with Gasteiger partial charge in [-0.3, -0.25) is 9.48 Å². The van der Waals surface area contributed by atoms with Crippen molar-refractivity contribution in [3.05, 3.63) is 36.2 Å². The van der Waals surface area contributed by atoms with Gasteiger partial charge in [0.2, 0.25) is 0 Å². The molecule has 0 bridgehead atoms. The van der Waals surface area contributed by atoms with E-state index >= 15 is 0 Å². The Balaban J connectivity index is 2.22. The van der Waals surface area contributed by atoms with Crippen molar-refractivity contribution in [3.63, 3.8) is 0 Å². The van der Waals surface area contributed by atoms with Crippen LogP contribution in [0.3, 0.4) is 0 Å². The van der Waals surface area contributed by atoms with E-state index in [2.05, 4.69) is 10.4 Å². The molecule has 0 aliphatic heterocycles. The van der Waals surface area contributed by atoms with Crippen molar-refractivity contribution in [2.75, 3.05) is 19.5 Å². The average molecular weight is 333 g/mol. The number of carboxylic acid groups (broad SMARTS) is 1. The Morgan fingerprint density at radius 2 is 1.96 bits per heavy atom. The SMILES string of the molecule is COc1ccc(C(=O)Nc2cnn(C(C)(C)C(=O)O)c2)c(OC)c1. The van der Waals surface area contributed by atoms with E-state index in [4.69, 9.17) is 9.47 Å². The van der Waals surface area contributed by atoms with Gasteiger partial charge >= 0.3 is 5.97 Å². The molecule has 24 heavy (non-hydrogen) atoms. The lowest BCUT2D eigenvalue weighted by atomic mass is 10.1. The summed E-state index contributed by atoms with van der Waals surface area (Å²) >= 11 is 0. The predicted octanol–water partition coefficient (Wildman–Crippen LogP) is 1.97. The van der Waals surface area contributed by atoms with Crippen LogP contribution >= 0.6 is 0 Å². The summed E-state index contributed by atoms with van der Waals surface area (Å²) in [4.78, 5) is 23.6. The molecule has 2 aromatic rings. The van der Waals surface area contributed by atoms with E-state index < -0.39 is 17.4 Å². The molecule has 0 saturated carbocycles. The number of hydrogen-bond donors (Lipinski definition) is 2. The molecular formula is C16H19N3O5. The first-order valence-electron chi connectivity index (χ1n) is 7.11. The number of hydrogen-bond acceptors (Lipinski definition) is 5. The highest BCUT2D eigenvalue weighted by Crippen LogP contribution is 2.25. The predicted molar refractivity (Wildman–Crippen MR) is 86.7 cm³/mol. The topological polar surface area (TPSA) is 103 Å². The maximum absolute atomic E-state index is 12.4. The Kier molecular flexibility index (Phi) is 4.77. The highest BCUT2D eigenvalue weighted by atomic mass is 16.5. The Morgan fingerprint density at radius 1 is 1.25 bits per heavy atom. The second kappa shape index (κ2) is 6.61. The number of amides is 1. The third-order valence-electron chi connectivity index (χ3n) is 3.59. The molecule has 0 fully saturated rings. The molecule has 2 N–H and O–H groups in total. The molecule has 0 aliphatic carbocycles. The number of aromatic nitrogens is 2. The van der Waals surface area contributed by atoms with Crippen LogP contribution in [-0.2, 0) is 10.3 Å². The standard InChI is InChI=1S/C16H19N3O5/c1-16(2,15(21)22)19-9-10(8-17-19)18-14(20)12-6-5-11(23-3)7-13(12)24-4/h5-9H,1-4H3,(H,18,20)(H,21,22). The maximum Gasteiger partial charge on any atom is 0.331 e. The minimum atomic E-state index is -1.22. The molecular weight excluding hydrogens is 314 g/mol. The van der Waals surface area contributed by atoms with E-state index in [1.807, 2.05) is 0 Å². The molecule has 8 nitrogen and oxygen atoms in total. The summed E-state index contributed by atoms with van der Waals surface area (Å²) in [5.41, 5.74) is -0.517. The zero-order valence-electron chi connectivity index (χ0n) is 13.9. The van der Waals surface area contributed by atoms with Crippen molar-refractivity contribution in [2.45, 2.75) is 19.4 Å². The maximum atomic E-state index is 12.4. The van der Waals surface area contributed by atoms with Crippen LogP contribution in [0.1, 0.15) is 24.2 Å². The summed E-state index contributed by atoms with van der Waals surface area (Å²) in [6.45, 7) is 3.03. The second-order valence-electron chi connectivity index (χ2n) is 5.56. The normalized spacial score (nSPS) is 11.0. The second-order valence-corrected chi connectivity index (χ2v) is 5.56. The summed E-state index contributed by atoms with van der Waals surface area (Å²) in [6, 6.07) is 4.83. The number of carbonyl (C=O) groups is 2. The zero-order chi connectivity index (χ0) is 17.9. The van der Waals surface area contributed by atoms with Gasteiger partial charge in [0.25, 0.3) is 5.91 Å². The van der Waals surface area contributed by atoms with Gasteiger partial charge in [-0.25, -0.2) is 4.79 Å². The van der Waals surface area contributed by atoms with Gasteiger partial charge in [0.05, 0.1) is 31.7 Å². The molecule has 0 unspecified atom stereocenters. The number of rotatable bonds is 6. The van der Waals surface area contributed by atoms with Crippen LogP contribution in [0.4, 0.5) is 5.69 Å². The highest BCUT2D eigenvalue weighted by molar-refractivity contribution is 6.06. The Bertz CT molecular complexity index is 767. The van der Waals surface area contributed by atoms with E-state index in [0.717, 1.165) is 0 Å². The van der Waals surface area contributed by atoms with Crippen molar-refractivity contribution in [3.8, 4) is 11.5 Å². The first-order chi connectivity index (χ1) is 11.3. The first kappa shape index (κ1) is 17.3. The van der Waals surface area contributed by atoms with Gasteiger partial charge in [0, 0.05) is 12.3 Å². The van der Waals surface area contributed by atoms with Crippen LogP contribution in [0.25, 0.3) is 0 Å². The lowest BCUT2D eigenvalue weighted by Gasteiger charge is -2.19. The molecule has 0 saturated heterocycles. The van der Waals surface area contributed by atoms with E-state index in [1.165, 1.54) is 45.1 Å². The van der Waals surface area contributed by atoms with Crippen LogP contribution in [0.2, 0.25) is 0 Å². The van der Waals surface area contributed by atoms with E-state index in [0.29, 0.717) is 22.7 Å². The molecule has 0 spiro atoms. The van der Waals surface area contributed by atoms with Gasteiger partial charge in [-0.15, -0.1) is 0 Å². The monoisotopic (exact) mass is 333 g/mol. The Morgan fingerprint density at radius 3 is 2.54 bits per heavy atom. The summed E-state index contributed by atoms with van der Waals surface area (Å²) in [5, 5.41) is 15.9. The third kappa shape index (κ3) is 3.32. The van der Waals surface area contributed by atoms with Gasteiger partial charge < -0.3 is 19.9 Å². The van der Waals surface area contributed by atoms with Crippen molar-refractivity contribution >= 4 is 17.6 Å². The largest absolute Gasteiger partial charge is 0.497 e. The molecule has 0 atom stereocenters. The molecule has 1 amide bonds. The smallest absolute Gasteiger partial charge is 0.331 e. The summed E-state index contributed by atoms with van der Waals surface area (Å²) < 4.78 is 11.6. The number of methoxy groups -OCH3 is 2. The molecule has 1 aromatic carbocycles. The van der Waals surface area contributed by atoms with Crippen molar-refractivity contribution < 1.29 is 24.2 Å². The van der Waals surface area contributed by atoms with Gasteiger partial charge in [-0.1, -0.05) is 0 Å². The van der Waals surface area contributed by atoms with Crippen LogP contribution in [0, 0.1) is 0 Å². The van der Waals surface area contributed by atoms with Crippen molar-refractivity contribution in [1.82, 2.24) is 9.78 Å². The summed E-state index contributed by atoms with van der Waals surface area (Å²) in [7, 11) is 2.98. The lowest BCUT2D eigenvalue weighted by Crippen LogP contribution is -2.35. The summed E-state index contributed by atoms with van der Waals surface area (Å²) in [6.07, 6.45) is 2.85. The zero-order valence-corrected chi connectivity index (χ0v) is 13.9. The number of nitrogens with zero attached hydrogens (tertiary/aromatic N) is 2. The van der Waals surface area contributed by atoms with Gasteiger partial charge in [-0.05, 0) is 26.0 Å².